The van der Waals surface area contributed by atoms with Crippen molar-refractivity contribution in [1.29, 1.82) is 0 Å². The van der Waals surface area contributed by atoms with E-state index in [1.54, 1.807) is 30.3 Å². The van der Waals surface area contributed by atoms with E-state index in [2.05, 4.69) is 14.9 Å². The average molecular weight is 389 g/mol. The molecule has 0 atom stereocenters. The maximum absolute atomic E-state index is 12.8. The van der Waals surface area contributed by atoms with Gasteiger partial charge in [0.15, 0.2) is 0 Å². The lowest BCUT2D eigenvalue weighted by molar-refractivity contribution is 0.392. The van der Waals surface area contributed by atoms with Gasteiger partial charge in [0.1, 0.15) is 16.4 Å². The van der Waals surface area contributed by atoms with E-state index in [-0.39, 0.29) is 10.6 Å². The maximum Gasteiger partial charge on any atom is 0.265 e. The van der Waals surface area contributed by atoms with Crippen molar-refractivity contribution in [2.75, 3.05) is 18.9 Å². The molecule has 3 rings (SSSR count). The largest absolute Gasteiger partial charge is 0.497 e. The third-order valence-electron chi connectivity index (χ3n) is 3.81. The first-order valence-electron chi connectivity index (χ1n) is 8.14. The predicted octanol–water partition coefficient (Wildman–Crippen LogP) is 3.12. The highest BCUT2D eigenvalue weighted by Gasteiger charge is 2.21. The van der Waals surface area contributed by atoms with Crippen LogP contribution in [0, 0.1) is 0 Å². The van der Waals surface area contributed by atoms with Gasteiger partial charge < -0.3 is 13.9 Å². The molecule has 0 aliphatic heterocycles. The summed E-state index contributed by atoms with van der Waals surface area (Å²) in [6, 6.07) is 11.2. The normalized spacial score (nSPS) is 11.2. The highest BCUT2D eigenvalue weighted by Crippen LogP contribution is 2.30. The fourth-order valence-corrected chi connectivity index (χ4v) is 3.64. The van der Waals surface area contributed by atoms with E-state index in [0.717, 1.165) is 0 Å². The van der Waals surface area contributed by atoms with Gasteiger partial charge in [-0.15, -0.1) is 10.2 Å². The number of sulfonamides is 1. The molecule has 142 valence electrons. The average Bonchev–Trinajstić information content (AvgIpc) is 3.17. The highest BCUT2D eigenvalue weighted by molar-refractivity contribution is 7.92. The van der Waals surface area contributed by atoms with Crippen molar-refractivity contribution in [3.8, 4) is 23.0 Å². The Kier molecular flexibility index (Phi) is 5.31. The molecular formula is C18H19N3O5S. The minimum atomic E-state index is -3.87. The molecule has 0 unspecified atom stereocenters. The summed E-state index contributed by atoms with van der Waals surface area (Å²) in [5, 5.41) is 7.88. The fourth-order valence-electron chi connectivity index (χ4n) is 2.40. The molecule has 0 bridgehead atoms. The first-order chi connectivity index (χ1) is 13.0. The van der Waals surface area contributed by atoms with E-state index in [0.29, 0.717) is 35.2 Å². The molecule has 1 heterocycles. The molecule has 3 aromatic rings. The fraction of sp³-hybridized carbons (Fsp3) is 0.222. The summed E-state index contributed by atoms with van der Waals surface area (Å²) in [7, 11) is -1.00. The number of aromatic nitrogens is 2. The van der Waals surface area contributed by atoms with Gasteiger partial charge in [-0.05, 0) is 36.4 Å². The van der Waals surface area contributed by atoms with Crippen molar-refractivity contribution in [2.45, 2.75) is 18.2 Å². The highest BCUT2D eigenvalue weighted by atomic mass is 32.2. The number of aryl methyl sites for hydroxylation is 1. The summed E-state index contributed by atoms with van der Waals surface area (Å²) >= 11 is 0. The van der Waals surface area contributed by atoms with Crippen LogP contribution >= 0.6 is 0 Å². The number of hydrogen-bond acceptors (Lipinski definition) is 7. The van der Waals surface area contributed by atoms with Crippen LogP contribution in [0.3, 0.4) is 0 Å². The van der Waals surface area contributed by atoms with Gasteiger partial charge in [0.25, 0.3) is 10.0 Å². The third-order valence-corrected chi connectivity index (χ3v) is 5.22. The second-order valence-electron chi connectivity index (χ2n) is 5.55. The van der Waals surface area contributed by atoms with E-state index in [4.69, 9.17) is 13.9 Å². The molecule has 9 heteroatoms. The first-order valence-corrected chi connectivity index (χ1v) is 9.63. The van der Waals surface area contributed by atoms with Gasteiger partial charge in [-0.25, -0.2) is 8.42 Å². The zero-order valence-corrected chi connectivity index (χ0v) is 15.9. The van der Waals surface area contributed by atoms with E-state index < -0.39 is 10.0 Å². The van der Waals surface area contributed by atoms with Crippen LogP contribution in [0.25, 0.3) is 11.5 Å². The predicted molar refractivity (Wildman–Crippen MR) is 99.5 cm³/mol. The van der Waals surface area contributed by atoms with Gasteiger partial charge in [-0.2, -0.15) is 0 Å². The first kappa shape index (κ1) is 18.7. The Hall–Kier alpha value is -3.07. The van der Waals surface area contributed by atoms with Crippen molar-refractivity contribution in [1.82, 2.24) is 10.2 Å². The summed E-state index contributed by atoms with van der Waals surface area (Å²) in [4.78, 5) is -0.0158. The molecule has 0 aliphatic carbocycles. The minimum Gasteiger partial charge on any atom is -0.497 e. The molecule has 2 aromatic carbocycles. The Morgan fingerprint density at radius 2 is 1.78 bits per heavy atom. The number of rotatable bonds is 7. The Morgan fingerprint density at radius 3 is 2.37 bits per heavy atom. The van der Waals surface area contributed by atoms with Crippen molar-refractivity contribution >= 4 is 15.7 Å². The van der Waals surface area contributed by atoms with E-state index in [1.165, 1.54) is 26.4 Å². The van der Waals surface area contributed by atoms with Crippen LogP contribution in [0.2, 0.25) is 0 Å². The number of benzene rings is 2. The Balaban J connectivity index is 1.86. The molecule has 27 heavy (non-hydrogen) atoms. The second-order valence-corrected chi connectivity index (χ2v) is 7.20. The van der Waals surface area contributed by atoms with Gasteiger partial charge >= 0.3 is 0 Å². The summed E-state index contributed by atoms with van der Waals surface area (Å²) < 4.78 is 43.8. The standard InChI is InChI=1S/C18H19N3O5S/c1-4-17-19-20-18(26-17)12-5-7-13(8-6-12)21-27(22,23)16-11-14(24-2)9-10-15(16)25-3/h5-11,21H,4H2,1-3H3. The number of anilines is 1. The summed E-state index contributed by atoms with van der Waals surface area (Å²) in [5.74, 6) is 1.56. The summed E-state index contributed by atoms with van der Waals surface area (Å²) in [5.41, 5.74) is 1.09. The molecule has 0 saturated carbocycles. The van der Waals surface area contributed by atoms with Crippen molar-refractivity contribution in [3.05, 3.63) is 48.4 Å². The van der Waals surface area contributed by atoms with Crippen molar-refractivity contribution < 1.29 is 22.3 Å². The monoisotopic (exact) mass is 389 g/mol. The van der Waals surface area contributed by atoms with E-state index >= 15 is 0 Å². The quantitative estimate of drug-likeness (QED) is 0.662. The maximum atomic E-state index is 12.8. The van der Waals surface area contributed by atoms with Gasteiger partial charge in [0.2, 0.25) is 11.8 Å². The zero-order chi connectivity index (χ0) is 19.4. The van der Waals surface area contributed by atoms with Crippen LogP contribution in [0.4, 0.5) is 5.69 Å². The molecule has 0 radical (unpaired) electrons. The van der Waals surface area contributed by atoms with Gasteiger partial charge in [-0.1, -0.05) is 6.92 Å². The van der Waals surface area contributed by atoms with Gasteiger partial charge in [0, 0.05) is 23.7 Å². The second kappa shape index (κ2) is 7.67. The van der Waals surface area contributed by atoms with Crippen LogP contribution in [0.15, 0.2) is 51.8 Å². The molecule has 0 amide bonds. The smallest absolute Gasteiger partial charge is 0.265 e. The SMILES string of the molecule is CCc1nnc(-c2ccc(NS(=O)(=O)c3cc(OC)ccc3OC)cc2)o1. The van der Waals surface area contributed by atoms with Gasteiger partial charge in [-0.3, -0.25) is 4.72 Å². The van der Waals surface area contributed by atoms with Crippen LogP contribution in [-0.4, -0.2) is 32.8 Å². The number of nitrogens with zero attached hydrogens (tertiary/aromatic N) is 2. The topological polar surface area (TPSA) is 104 Å². The lowest BCUT2D eigenvalue weighted by Gasteiger charge is -2.13. The minimum absolute atomic E-state index is 0.0158. The lowest BCUT2D eigenvalue weighted by atomic mass is 10.2. The zero-order valence-electron chi connectivity index (χ0n) is 15.1. The van der Waals surface area contributed by atoms with Crippen molar-refractivity contribution in [3.63, 3.8) is 0 Å². The van der Waals surface area contributed by atoms with Crippen molar-refractivity contribution in [2.24, 2.45) is 0 Å². The van der Waals surface area contributed by atoms with E-state index in [9.17, 15) is 8.42 Å². The third kappa shape index (κ3) is 4.03. The van der Waals surface area contributed by atoms with Crippen LogP contribution in [0.5, 0.6) is 11.5 Å². The van der Waals surface area contributed by atoms with Gasteiger partial charge in [0.05, 0.1) is 14.2 Å². The lowest BCUT2D eigenvalue weighted by Crippen LogP contribution is -2.14. The molecule has 1 aromatic heterocycles. The molecule has 0 saturated heterocycles. The number of methoxy groups -OCH3 is 2. The Bertz CT molecular complexity index is 1030. The molecule has 1 N–H and O–H groups in total. The van der Waals surface area contributed by atoms with Crippen LogP contribution < -0.4 is 14.2 Å². The molecule has 0 spiro atoms. The Morgan fingerprint density at radius 1 is 1.04 bits per heavy atom. The van der Waals surface area contributed by atoms with E-state index in [1.807, 2.05) is 6.92 Å². The molecule has 0 aliphatic rings. The molecule has 0 fully saturated rings. The number of hydrogen-bond donors (Lipinski definition) is 1. The number of nitrogens with one attached hydrogen (secondary N) is 1. The molecule has 8 nitrogen and oxygen atoms in total. The molecular weight excluding hydrogens is 370 g/mol. The Labute approximate surface area is 157 Å². The van der Waals surface area contributed by atoms with Crippen LogP contribution in [-0.2, 0) is 16.4 Å². The van der Waals surface area contributed by atoms with Crippen LogP contribution in [0.1, 0.15) is 12.8 Å². The summed E-state index contributed by atoms with van der Waals surface area (Å²) in [6.45, 7) is 1.92. The summed E-state index contributed by atoms with van der Waals surface area (Å²) in [6.07, 6.45) is 0.646. The number of ether oxygens (including phenoxy) is 2.